The molecule has 0 aliphatic carbocycles. The van der Waals surface area contributed by atoms with E-state index in [1.54, 1.807) is 6.07 Å². The molecule has 0 saturated heterocycles. The van der Waals surface area contributed by atoms with Crippen LogP contribution in [-0.2, 0) is 4.79 Å². The molecule has 1 atom stereocenters. The highest BCUT2D eigenvalue weighted by Gasteiger charge is 2.09. The molecule has 0 aromatic heterocycles. The van der Waals surface area contributed by atoms with E-state index < -0.39 is 0 Å². The van der Waals surface area contributed by atoms with Gasteiger partial charge in [0.2, 0.25) is 5.91 Å². The van der Waals surface area contributed by atoms with Crippen molar-refractivity contribution in [3.63, 3.8) is 0 Å². The standard InChI is InChI=1S/C12H15FINO/c1-3-8(2)6-12(16)15-11-5-4-9(13)7-10(11)14/h4-5,7-8H,3,6H2,1-2H3,(H,15,16). The molecule has 0 spiro atoms. The Labute approximate surface area is 109 Å². The number of anilines is 1. The van der Waals surface area contributed by atoms with Gasteiger partial charge in [-0.3, -0.25) is 4.79 Å². The molecule has 1 unspecified atom stereocenters. The Kier molecular flexibility index (Phi) is 5.18. The summed E-state index contributed by atoms with van der Waals surface area (Å²) in [7, 11) is 0. The second-order valence-electron chi connectivity index (χ2n) is 3.89. The Bertz CT molecular complexity index is 381. The summed E-state index contributed by atoms with van der Waals surface area (Å²) >= 11 is 2.01. The molecule has 1 aromatic carbocycles. The first-order valence-electron chi connectivity index (χ1n) is 5.27. The van der Waals surface area contributed by atoms with Crippen LogP contribution in [0.4, 0.5) is 10.1 Å². The zero-order chi connectivity index (χ0) is 12.1. The molecule has 0 fully saturated rings. The molecule has 2 nitrogen and oxygen atoms in total. The molecule has 0 saturated carbocycles. The molecule has 1 rings (SSSR count). The van der Waals surface area contributed by atoms with E-state index in [0.717, 1.165) is 9.99 Å². The van der Waals surface area contributed by atoms with Crippen LogP contribution in [0.25, 0.3) is 0 Å². The molecule has 0 aliphatic rings. The van der Waals surface area contributed by atoms with Crippen molar-refractivity contribution in [3.05, 3.63) is 27.6 Å². The highest BCUT2D eigenvalue weighted by molar-refractivity contribution is 14.1. The fourth-order valence-electron chi connectivity index (χ4n) is 1.25. The van der Waals surface area contributed by atoms with Crippen LogP contribution in [0.2, 0.25) is 0 Å². The van der Waals surface area contributed by atoms with Crippen molar-refractivity contribution in [2.45, 2.75) is 26.7 Å². The summed E-state index contributed by atoms with van der Waals surface area (Å²) in [4.78, 5) is 11.6. The lowest BCUT2D eigenvalue weighted by Crippen LogP contribution is -2.15. The first-order valence-corrected chi connectivity index (χ1v) is 6.35. The number of carbonyl (C=O) groups excluding carboxylic acids is 1. The van der Waals surface area contributed by atoms with E-state index in [1.807, 2.05) is 29.5 Å². The third-order valence-electron chi connectivity index (χ3n) is 2.44. The number of benzene rings is 1. The van der Waals surface area contributed by atoms with Gasteiger partial charge in [-0.1, -0.05) is 20.3 Å². The van der Waals surface area contributed by atoms with Crippen molar-refractivity contribution in [1.82, 2.24) is 0 Å². The van der Waals surface area contributed by atoms with E-state index in [9.17, 15) is 9.18 Å². The van der Waals surface area contributed by atoms with Crippen molar-refractivity contribution < 1.29 is 9.18 Å². The SMILES string of the molecule is CCC(C)CC(=O)Nc1ccc(F)cc1I. The number of hydrogen-bond donors (Lipinski definition) is 1. The van der Waals surface area contributed by atoms with Gasteiger partial charge in [-0.15, -0.1) is 0 Å². The molecule has 1 amide bonds. The molecule has 0 aliphatic heterocycles. The van der Waals surface area contributed by atoms with Crippen LogP contribution >= 0.6 is 22.6 Å². The normalized spacial score (nSPS) is 12.2. The average Bonchev–Trinajstić information content (AvgIpc) is 2.22. The van der Waals surface area contributed by atoms with Crippen LogP contribution in [0.3, 0.4) is 0 Å². The van der Waals surface area contributed by atoms with E-state index in [1.165, 1.54) is 12.1 Å². The number of amides is 1. The Morgan fingerprint density at radius 3 is 2.81 bits per heavy atom. The van der Waals surface area contributed by atoms with E-state index in [2.05, 4.69) is 12.2 Å². The summed E-state index contributed by atoms with van der Waals surface area (Å²) in [6.07, 6.45) is 1.48. The van der Waals surface area contributed by atoms with Gasteiger partial charge in [0.15, 0.2) is 0 Å². The summed E-state index contributed by atoms with van der Waals surface area (Å²) in [5, 5.41) is 2.79. The Morgan fingerprint density at radius 2 is 2.25 bits per heavy atom. The number of halogens is 2. The van der Waals surface area contributed by atoms with Crippen molar-refractivity contribution >= 4 is 34.2 Å². The molecule has 16 heavy (non-hydrogen) atoms. The van der Waals surface area contributed by atoms with Gasteiger partial charge in [-0.25, -0.2) is 4.39 Å². The lowest BCUT2D eigenvalue weighted by atomic mass is 10.1. The predicted molar refractivity (Wildman–Crippen MR) is 71.8 cm³/mol. The first-order chi connectivity index (χ1) is 7.52. The van der Waals surface area contributed by atoms with Crippen molar-refractivity contribution in [2.24, 2.45) is 5.92 Å². The Balaban J connectivity index is 2.63. The van der Waals surface area contributed by atoms with Crippen LogP contribution in [0.5, 0.6) is 0 Å². The number of hydrogen-bond acceptors (Lipinski definition) is 1. The maximum Gasteiger partial charge on any atom is 0.224 e. The van der Waals surface area contributed by atoms with Gasteiger partial charge >= 0.3 is 0 Å². The molecular weight excluding hydrogens is 320 g/mol. The fraction of sp³-hybridized carbons (Fsp3) is 0.417. The molecule has 0 bridgehead atoms. The number of nitrogens with one attached hydrogen (secondary N) is 1. The quantitative estimate of drug-likeness (QED) is 0.833. The van der Waals surface area contributed by atoms with Crippen molar-refractivity contribution in [1.29, 1.82) is 0 Å². The first kappa shape index (κ1) is 13.4. The number of carbonyl (C=O) groups is 1. The molecule has 1 aromatic rings. The van der Waals surface area contributed by atoms with Gasteiger partial charge in [0.05, 0.1) is 5.69 Å². The minimum Gasteiger partial charge on any atom is -0.325 e. The van der Waals surface area contributed by atoms with E-state index in [-0.39, 0.29) is 11.7 Å². The lowest BCUT2D eigenvalue weighted by molar-refractivity contribution is -0.117. The Morgan fingerprint density at radius 1 is 1.56 bits per heavy atom. The smallest absolute Gasteiger partial charge is 0.224 e. The van der Waals surface area contributed by atoms with Crippen LogP contribution < -0.4 is 5.32 Å². The van der Waals surface area contributed by atoms with E-state index in [0.29, 0.717) is 18.0 Å². The summed E-state index contributed by atoms with van der Waals surface area (Å²) in [5.41, 5.74) is 0.676. The molecule has 88 valence electrons. The number of rotatable bonds is 4. The van der Waals surface area contributed by atoms with Gasteiger partial charge in [0.1, 0.15) is 5.82 Å². The van der Waals surface area contributed by atoms with Gasteiger partial charge in [0.25, 0.3) is 0 Å². The minimum atomic E-state index is -0.288. The average molecular weight is 335 g/mol. The second-order valence-corrected chi connectivity index (χ2v) is 5.05. The van der Waals surface area contributed by atoms with Crippen LogP contribution in [0, 0.1) is 15.3 Å². The topological polar surface area (TPSA) is 29.1 Å². The van der Waals surface area contributed by atoms with Gasteiger partial charge in [0, 0.05) is 9.99 Å². The van der Waals surface area contributed by atoms with Gasteiger partial charge in [-0.2, -0.15) is 0 Å². The Hall–Kier alpha value is -0.650. The summed E-state index contributed by atoms with van der Waals surface area (Å²) in [6.45, 7) is 4.09. The minimum absolute atomic E-state index is 0.0149. The zero-order valence-corrected chi connectivity index (χ0v) is 11.5. The molecular formula is C12H15FINO. The monoisotopic (exact) mass is 335 g/mol. The van der Waals surface area contributed by atoms with E-state index >= 15 is 0 Å². The van der Waals surface area contributed by atoms with Crippen LogP contribution in [0.15, 0.2) is 18.2 Å². The highest BCUT2D eigenvalue weighted by atomic mass is 127. The molecule has 0 radical (unpaired) electrons. The van der Waals surface area contributed by atoms with Crippen LogP contribution in [-0.4, -0.2) is 5.91 Å². The third kappa shape index (κ3) is 4.08. The van der Waals surface area contributed by atoms with Crippen LogP contribution in [0.1, 0.15) is 26.7 Å². The fourth-order valence-corrected chi connectivity index (χ4v) is 1.87. The van der Waals surface area contributed by atoms with Gasteiger partial charge < -0.3 is 5.32 Å². The van der Waals surface area contributed by atoms with Gasteiger partial charge in [-0.05, 0) is 46.7 Å². The van der Waals surface area contributed by atoms with Crippen molar-refractivity contribution in [2.75, 3.05) is 5.32 Å². The lowest BCUT2D eigenvalue weighted by Gasteiger charge is -2.10. The third-order valence-corrected chi connectivity index (χ3v) is 3.33. The van der Waals surface area contributed by atoms with E-state index in [4.69, 9.17) is 0 Å². The predicted octanol–water partition coefficient (Wildman–Crippen LogP) is 3.81. The highest BCUT2D eigenvalue weighted by Crippen LogP contribution is 2.19. The zero-order valence-electron chi connectivity index (χ0n) is 9.39. The molecule has 0 heterocycles. The second kappa shape index (κ2) is 6.18. The summed E-state index contributed by atoms with van der Waals surface area (Å²) < 4.78 is 13.5. The summed E-state index contributed by atoms with van der Waals surface area (Å²) in [6, 6.07) is 4.34. The molecule has 1 N–H and O–H groups in total. The largest absolute Gasteiger partial charge is 0.325 e. The van der Waals surface area contributed by atoms with Crippen molar-refractivity contribution in [3.8, 4) is 0 Å². The molecule has 4 heteroatoms. The maximum atomic E-state index is 12.8. The maximum absolute atomic E-state index is 12.8. The summed E-state index contributed by atoms with van der Waals surface area (Å²) in [5.74, 6) is 0.0707.